The number of hydrogen-bond donors (Lipinski definition) is 5. The van der Waals surface area contributed by atoms with Crippen LogP contribution in [0.4, 0.5) is 16.2 Å². The van der Waals surface area contributed by atoms with E-state index in [1.165, 1.54) is 7.11 Å². The molecule has 2 heterocycles. The largest absolute Gasteiger partial charge is 0.453 e. The lowest BCUT2D eigenvalue weighted by molar-refractivity contribution is -0.116. The maximum atomic E-state index is 12.3. The summed E-state index contributed by atoms with van der Waals surface area (Å²) in [5, 5.41) is 8.79. The molecule has 6 N–H and O–H groups in total. The Labute approximate surface area is 157 Å². The molecule has 1 aromatic heterocycles. The summed E-state index contributed by atoms with van der Waals surface area (Å²) in [5.74, 6) is 0.593. The van der Waals surface area contributed by atoms with Gasteiger partial charge in [-0.2, -0.15) is 0 Å². The molecule has 144 valence electrons. The van der Waals surface area contributed by atoms with Crippen LogP contribution in [-0.2, 0) is 9.53 Å². The van der Waals surface area contributed by atoms with E-state index in [1.54, 1.807) is 24.4 Å². The number of fused-ring (bicyclic) bond motifs is 4. The summed E-state index contributed by atoms with van der Waals surface area (Å²) in [6.45, 7) is 1.50. The molecule has 0 fully saturated rings. The molecule has 1 aliphatic heterocycles. The van der Waals surface area contributed by atoms with E-state index in [-0.39, 0.29) is 11.9 Å². The first-order valence-corrected chi connectivity index (χ1v) is 8.87. The number of carbonyl (C=O) groups is 2. The second kappa shape index (κ2) is 8.65. The van der Waals surface area contributed by atoms with Crippen molar-refractivity contribution >= 4 is 23.4 Å². The van der Waals surface area contributed by atoms with Gasteiger partial charge in [0.1, 0.15) is 5.82 Å². The SMILES string of the molecule is COC(=O)Nc1ccc2c(c1)NC(=O)CCCNCC[C@H](N)c1nc-2c[nH]1. The zero-order chi connectivity index (χ0) is 19.2. The Morgan fingerprint density at radius 1 is 1.37 bits per heavy atom. The van der Waals surface area contributed by atoms with Crippen LogP contribution in [0.2, 0.25) is 0 Å². The number of H-pyrrole nitrogens is 1. The number of anilines is 2. The summed E-state index contributed by atoms with van der Waals surface area (Å²) < 4.78 is 4.62. The van der Waals surface area contributed by atoms with Crippen molar-refractivity contribution in [1.29, 1.82) is 0 Å². The third-order valence-electron chi connectivity index (χ3n) is 4.34. The van der Waals surface area contributed by atoms with Crippen LogP contribution in [0.5, 0.6) is 0 Å². The van der Waals surface area contributed by atoms with E-state index >= 15 is 0 Å². The number of rotatable bonds is 1. The van der Waals surface area contributed by atoms with Crippen LogP contribution < -0.4 is 21.7 Å². The zero-order valence-electron chi connectivity index (χ0n) is 15.2. The van der Waals surface area contributed by atoms with Crippen LogP contribution in [-0.4, -0.2) is 42.2 Å². The fraction of sp³-hybridized carbons (Fsp3) is 0.389. The summed E-state index contributed by atoms with van der Waals surface area (Å²) in [6.07, 6.45) is 3.03. The van der Waals surface area contributed by atoms with Gasteiger partial charge in [0.2, 0.25) is 5.91 Å². The molecule has 2 bridgehead atoms. The van der Waals surface area contributed by atoms with Gasteiger partial charge >= 0.3 is 6.09 Å². The Bertz CT molecular complexity index is 819. The Hall–Kier alpha value is -2.91. The van der Waals surface area contributed by atoms with Gasteiger partial charge in [0.05, 0.1) is 24.5 Å². The molecule has 1 atom stereocenters. The lowest BCUT2D eigenvalue weighted by atomic mass is 10.1. The second-order valence-corrected chi connectivity index (χ2v) is 6.34. The topological polar surface area (TPSA) is 134 Å². The van der Waals surface area contributed by atoms with Gasteiger partial charge in [-0.05, 0) is 44.1 Å². The first-order chi connectivity index (χ1) is 13.1. The quantitative estimate of drug-likeness (QED) is 0.519. The highest BCUT2D eigenvalue weighted by molar-refractivity contribution is 5.97. The van der Waals surface area contributed by atoms with E-state index in [0.717, 1.165) is 31.5 Å². The summed E-state index contributed by atoms with van der Waals surface area (Å²) in [7, 11) is 1.29. The van der Waals surface area contributed by atoms with Gasteiger partial charge in [0.25, 0.3) is 0 Å². The van der Waals surface area contributed by atoms with E-state index in [9.17, 15) is 9.59 Å². The van der Waals surface area contributed by atoms with E-state index < -0.39 is 6.09 Å². The van der Waals surface area contributed by atoms with E-state index in [2.05, 4.69) is 30.7 Å². The van der Waals surface area contributed by atoms with E-state index in [0.29, 0.717) is 29.3 Å². The molecule has 9 nitrogen and oxygen atoms in total. The smallest absolute Gasteiger partial charge is 0.411 e. The molecule has 1 aliphatic rings. The van der Waals surface area contributed by atoms with Crippen molar-refractivity contribution in [3.8, 4) is 11.3 Å². The molecule has 0 spiro atoms. The number of carbonyl (C=O) groups excluding carboxylic acids is 2. The summed E-state index contributed by atoms with van der Waals surface area (Å²) in [4.78, 5) is 31.5. The molecule has 0 unspecified atom stereocenters. The molecule has 2 aromatic rings. The van der Waals surface area contributed by atoms with Crippen molar-refractivity contribution in [2.45, 2.75) is 25.3 Å². The predicted octanol–water partition coefficient (Wildman–Crippen LogP) is 1.97. The summed E-state index contributed by atoms with van der Waals surface area (Å²) in [6, 6.07) is 5.00. The molecule has 0 saturated heterocycles. The van der Waals surface area contributed by atoms with Gasteiger partial charge in [-0.25, -0.2) is 9.78 Å². The van der Waals surface area contributed by atoms with Gasteiger partial charge in [-0.15, -0.1) is 0 Å². The average molecular weight is 372 g/mol. The number of ether oxygens (including phenoxy) is 1. The van der Waals surface area contributed by atoms with Crippen molar-refractivity contribution in [2.75, 3.05) is 30.8 Å². The first kappa shape index (κ1) is 18.9. The fourth-order valence-electron chi connectivity index (χ4n) is 2.89. The average Bonchev–Trinajstić information content (AvgIpc) is 3.13. The fourth-order valence-corrected chi connectivity index (χ4v) is 2.89. The number of amides is 2. The third-order valence-corrected chi connectivity index (χ3v) is 4.34. The van der Waals surface area contributed by atoms with Gasteiger partial charge in [-0.1, -0.05) is 0 Å². The van der Waals surface area contributed by atoms with Crippen LogP contribution in [0.15, 0.2) is 24.4 Å². The van der Waals surface area contributed by atoms with Crippen molar-refractivity contribution < 1.29 is 14.3 Å². The lowest BCUT2D eigenvalue weighted by Crippen LogP contribution is -2.24. The van der Waals surface area contributed by atoms with Crippen molar-refractivity contribution in [3.05, 3.63) is 30.2 Å². The highest BCUT2D eigenvalue weighted by Crippen LogP contribution is 2.31. The van der Waals surface area contributed by atoms with Gasteiger partial charge in [-0.3, -0.25) is 10.1 Å². The van der Waals surface area contributed by atoms with Crippen LogP contribution >= 0.6 is 0 Å². The second-order valence-electron chi connectivity index (χ2n) is 6.34. The highest BCUT2D eigenvalue weighted by atomic mass is 16.5. The molecule has 0 radical (unpaired) electrons. The number of aromatic amines is 1. The Kier molecular flexibility index (Phi) is 6.05. The zero-order valence-corrected chi connectivity index (χ0v) is 15.2. The van der Waals surface area contributed by atoms with Gasteiger partial charge < -0.3 is 26.1 Å². The maximum Gasteiger partial charge on any atom is 0.411 e. The number of methoxy groups -OCH3 is 1. The predicted molar refractivity (Wildman–Crippen MR) is 102 cm³/mol. The van der Waals surface area contributed by atoms with Crippen LogP contribution in [0.25, 0.3) is 11.3 Å². The Balaban J connectivity index is 1.96. The van der Waals surface area contributed by atoms with E-state index in [1.807, 2.05) is 0 Å². The Morgan fingerprint density at radius 3 is 3.04 bits per heavy atom. The van der Waals surface area contributed by atoms with Crippen LogP contribution in [0.1, 0.15) is 31.1 Å². The number of hydrogen-bond acceptors (Lipinski definition) is 6. The normalized spacial score (nSPS) is 18.0. The van der Waals surface area contributed by atoms with Crippen molar-refractivity contribution in [3.63, 3.8) is 0 Å². The Morgan fingerprint density at radius 2 is 2.22 bits per heavy atom. The molecule has 2 amide bonds. The molecule has 9 heteroatoms. The van der Waals surface area contributed by atoms with Crippen molar-refractivity contribution in [2.24, 2.45) is 5.73 Å². The summed E-state index contributed by atoms with van der Waals surface area (Å²) >= 11 is 0. The minimum absolute atomic E-state index is 0.0993. The first-order valence-electron chi connectivity index (χ1n) is 8.87. The standard InChI is InChI=1S/C18H24N6O3/c1-27-18(26)22-11-4-5-12-14(9-11)23-16(25)3-2-7-20-8-6-13(19)17-21-10-15(12)24-17/h4-5,9-10,13,20H,2-3,6-8,19H2,1H3,(H,21,24)(H,22,26)(H,23,25)/t13-/m0/s1. The lowest BCUT2D eigenvalue weighted by Gasteiger charge is -2.14. The summed E-state index contributed by atoms with van der Waals surface area (Å²) in [5.41, 5.74) is 8.69. The molecule has 1 aromatic carbocycles. The molecule has 0 saturated carbocycles. The number of imidazole rings is 1. The van der Waals surface area contributed by atoms with Crippen LogP contribution in [0.3, 0.4) is 0 Å². The molecule has 0 aliphatic carbocycles. The molecular weight excluding hydrogens is 348 g/mol. The molecule has 27 heavy (non-hydrogen) atoms. The van der Waals surface area contributed by atoms with Crippen LogP contribution in [0, 0.1) is 0 Å². The molecule has 3 rings (SSSR count). The highest BCUT2D eigenvalue weighted by Gasteiger charge is 2.16. The number of aromatic nitrogens is 2. The number of nitrogens with zero attached hydrogens (tertiary/aromatic N) is 1. The number of benzene rings is 1. The maximum absolute atomic E-state index is 12.3. The van der Waals surface area contributed by atoms with E-state index in [4.69, 9.17) is 5.73 Å². The third kappa shape index (κ3) is 4.83. The van der Waals surface area contributed by atoms with Gasteiger partial charge in [0.15, 0.2) is 0 Å². The number of nitrogens with one attached hydrogen (secondary N) is 4. The van der Waals surface area contributed by atoms with Gasteiger partial charge in [0, 0.05) is 23.9 Å². The minimum atomic E-state index is -0.582. The molecular formula is C18H24N6O3. The van der Waals surface area contributed by atoms with Crippen molar-refractivity contribution in [1.82, 2.24) is 15.3 Å². The monoisotopic (exact) mass is 372 g/mol. The minimum Gasteiger partial charge on any atom is -0.453 e. The number of nitrogens with two attached hydrogens (primary N) is 1.